The Morgan fingerprint density at radius 3 is 2.87 bits per heavy atom. The minimum atomic E-state index is -1.09. The van der Waals surface area contributed by atoms with Gasteiger partial charge in [0.25, 0.3) is 0 Å². The second-order valence-corrected chi connectivity index (χ2v) is 7.24. The highest BCUT2D eigenvalue weighted by molar-refractivity contribution is 7.90. The molecular formula is C17H18ClN3OS. The van der Waals surface area contributed by atoms with Crippen molar-refractivity contribution in [3.8, 4) is 0 Å². The molecule has 4 nitrogen and oxygen atoms in total. The average Bonchev–Trinajstić information content (AvgIpc) is 2.56. The molecule has 120 valence electrons. The van der Waals surface area contributed by atoms with Gasteiger partial charge in [-0.3, -0.25) is 5.41 Å². The minimum absolute atomic E-state index is 0.276. The summed E-state index contributed by atoms with van der Waals surface area (Å²) < 4.78 is 11.6. The predicted octanol–water partition coefficient (Wildman–Crippen LogP) is 3.88. The molecule has 0 fully saturated rings. The van der Waals surface area contributed by atoms with E-state index < -0.39 is 11.2 Å². The molecule has 2 N–H and O–H groups in total. The first-order valence-corrected chi connectivity index (χ1v) is 9.34. The lowest BCUT2D eigenvalue weighted by Crippen LogP contribution is -2.39. The number of nitrogens with zero attached hydrogens (tertiary/aromatic N) is 1. The SMILES string of the molecule is C[S+]([O-])c1ccc(Cl)c(NC(=N)N2CCCc3ccccc32)c1. The maximum absolute atomic E-state index is 11.6. The van der Waals surface area contributed by atoms with E-state index in [1.807, 2.05) is 23.1 Å². The highest BCUT2D eigenvalue weighted by atomic mass is 35.5. The summed E-state index contributed by atoms with van der Waals surface area (Å²) in [6.07, 6.45) is 3.66. The summed E-state index contributed by atoms with van der Waals surface area (Å²) in [5.41, 5.74) is 2.91. The molecule has 3 rings (SSSR count). The van der Waals surface area contributed by atoms with E-state index in [-0.39, 0.29) is 5.96 Å². The van der Waals surface area contributed by atoms with E-state index in [9.17, 15) is 4.55 Å². The number of rotatable bonds is 2. The third-order valence-electron chi connectivity index (χ3n) is 3.90. The van der Waals surface area contributed by atoms with E-state index in [1.165, 1.54) is 5.56 Å². The van der Waals surface area contributed by atoms with Crippen LogP contribution in [0.4, 0.5) is 11.4 Å². The monoisotopic (exact) mass is 347 g/mol. The van der Waals surface area contributed by atoms with Crippen molar-refractivity contribution < 1.29 is 4.55 Å². The standard InChI is InChI=1S/C17H18ClN3OS/c1-23(22)13-8-9-14(18)15(11-13)20-17(19)21-10-4-6-12-5-2-3-7-16(12)21/h2-3,5,7-9,11H,4,6,10H2,1H3,(H2,19,20). The number of fused-ring (bicyclic) bond motifs is 1. The molecule has 2 aromatic rings. The number of anilines is 2. The van der Waals surface area contributed by atoms with Crippen molar-refractivity contribution in [1.29, 1.82) is 5.41 Å². The molecule has 1 heterocycles. The number of aryl methyl sites for hydroxylation is 1. The van der Waals surface area contributed by atoms with Crippen LogP contribution in [0.15, 0.2) is 47.4 Å². The zero-order chi connectivity index (χ0) is 16.4. The van der Waals surface area contributed by atoms with Crippen LogP contribution < -0.4 is 10.2 Å². The molecule has 0 bridgehead atoms. The Bertz CT molecular complexity index is 736. The summed E-state index contributed by atoms with van der Waals surface area (Å²) in [5, 5.41) is 12.0. The second-order valence-electron chi connectivity index (χ2n) is 5.45. The lowest BCUT2D eigenvalue weighted by atomic mass is 10.0. The van der Waals surface area contributed by atoms with Crippen molar-refractivity contribution in [2.75, 3.05) is 23.0 Å². The van der Waals surface area contributed by atoms with Crippen molar-refractivity contribution >= 4 is 40.1 Å². The Kier molecular flexibility index (Phi) is 4.80. The predicted molar refractivity (Wildman–Crippen MR) is 97.2 cm³/mol. The van der Waals surface area contributed by atoms with Gasteiger partial charge in [0.2, 0.25) is 0 Å². The zero-order valence-electron chi connectivity index (χ0n) is 12.8. The molecular weight excluding hydrogens is 330 g/mol. The van der Waals surface area contributed by atoms with Gasteiger partial charge in [0.05, 0.1) is 10.7 Å². The van der Waals surface area contributed by atoms with Crippen molar-refractivity contribution in [1.82, 2.24) is 0 Å². The third-order valence-corrected chi connectivity index (χ3v) is 5.15. The molecule has 0 radical (unpaired) electrons. The fourth-order valence-corrected chi connectivity index (χ4v) is 3.45. The topological polar surface area (TPSA) is 62.2 Å². The molecule has 6 heteroatoms. The van der Waals surface area contributed by atoms with Crippen LogP contribution >= 0.6 is 11.6 Å². The molecule has 2 aromatic carbocycles. The Hall–Kier alpha value is -1.69. The normalized spacial score (nSPS) is 15.0. The first-order chi connectivity index (χ1) is 11.1. The smallest absolute Gasteiger partial charge is 0.200 e. The van der Waals surface area contributed by atoms with Gasteiger partial charge in [-0.1, -0.05) is 29.8 Å². The number of guanidine groups is 1. The number of hydrogen-bond acceptors (Lipinski definition) is 2. The quantitative estimate of drug-likeness (QED) is 0.492. The molecule has 0 saturated heterocycles. The highest BCUT2D eigenvalue weighted by Crippen LogP contribution is 2.29. The summed E-state index contributed by atoms with van der Waals surface area (Å²) in [5.74, 6) is 0.276. The molecule has 23 heavy (non-hydrogen) atoms. The number of nitrogens with one attached hydrogen (secondary N) is 2. The Balaban J connectivity index is 1.84. The largest absolute Gasteiger partial charge is 0.612 e. The van der Waals surface area contributed by atoms with E-state index in [2.05, 4.69) is 11.4 Å². The van der Waals surface area contributed by atoms with Gasteiger partial charge in [0, 0.05) is 18.3 Å². The molecule has 1 aliphatic heterocycles. The summed E-state index contributed by atoms with van der Waals surface area (Å²) in [6, 6.07) is 13.3. The Labute approximate surface area is 144 Å². The summed E-state index contributed by atoms with van der Waals surface area (Å²) in [4.78, 5) is 2.63. The van der Waals surface area contributed by atoms with Gasteiger partial charge in [-0.25, -0.2) is 0 Å². The van der Waals surface area contributed by atoms with Gasteiger partial charge in [-0.05, 0) is 47.8 Å². The summed E-state index contributed by atoms with van der Waals surface area (Å²) >= 11 is 5.12. The van der Waals surface area contributed by atoms with Crippen molar-refractivity contribution in [2.45, 2.75) is 17.7 Å². The maximum atomic E-state index is 11.6. The fraction of sp³-hybridized carbons (Fsp3) is 0.235. The first kappa shape index (κ1) is 16.2. The van der Waals surface area contributed by atoms with Crippen molar-refractivity contribution in [2.24, 2.45) is 0 Å². The first-order valence-electron chi connectivity index (χ1n) is 7.40. The van der Waals surface area contributed by atoms with Gasteiger partial charge < -0.3 is 14.8 Å². The van der Waals surface area contributed by atoms with Crippen LogP contribution in [0.1, 0.15) is 12.0 Å². The lowest BCUT2D eigenvalue weighted by molar-refractivity contribution is 0.601. The zero-order valence-corrected chi connectivity index (χ0v) is 14.4. The molecule has 0 saturated carbocycles. The van der Waals surface area contributed by atoms with E-state index in [0.717, 1.165) is 25.1 Å². The van der Waals surface area contributed by atoms with E-state index >= 15 is 0 Å². The summed E-state index contributed by atoms with van der Waals surface area (Å²) in [7, 11) is 0. The van der Waals surface area contributed by atoms with E-state index in [4.69, 9.17) is 17.0 Å². The number of para-hydroxylation sites is 1. The second kappa shape index (κ2) is 6.83. The number of halogens is 1. The maximum Gasteiger partial charge on any atom is 0.200 e. The van der Waals surface area contributed by atoms with Gasteiger partial charge in [0.15, 0.2) is 10.9 Å². The molecule has 1 unspecified atom stereocenters. The molecule has 0 spiro atoms. The number of hydrogen-bond donors (Lipinski definition) is 2. The fourth-order valence-electron chi connectivity index (χ4n) is 2.74. The Morgan fingerprint density at radius 1 is 1.30 bits per heavy atom. The van der Waals surface area contributed by atoms with Crippen LogP contribution in [-0.4, -0.2) is 23.3 Å². The van der Waals surface area contributed by atoms with E-state index in [1.54, 1.807) is 24.5 Å². The van der Waals surface area contributed by atoms with E-state index in [0.29, 0.717) is 15.6 Å². The van der Waals surface area contributed by atoms with Crippen LogP contribution in [-0.2, 0) is 17.6 Å². The molecule has 1 aliphatic rings. The van der Waals surface area contributed by atoms with Crippen molar-refractivity contribution in [3.63, 3.8) is 0 Å². The van der Waals surface area contributed by atoms with Gasteiger partial charge in [0.1, 0.15) is 6.26 Å². The number of benzene rings is 2. The van der Waals surface area contributed by atoms with Gasteiger partial charge >= 0.3 is 0 Å². The van der Waals surface area contributed by atoms with Crippen molar-refractivity contribution in [3.05, 3.63) is 53.1 Å². The molecule has 0 amide bonds. The van der Waals surface area contributed by atoms with Gasteiger partial charge in [-0.2, -0.15) is 0 Å². The summed E-state index contributed by atoms with van der Waals surface area (Å²) in [6.45, 7) is 0.792. The third kappa shape index (κ3) is 3.47. The average molecular weight is 348 g/mol. The van der Waals surface area contributed by atoms with Crippen LogP contribution in [0.2, 0.25) is 5.02 Å². The van der Waals surface area contributed by atoms with Crippen LogP contribution in [0.25, 0.3) is 0 Å². The van der Waals surface area contributed by atoms with Gasteiger partial charge in [-0.15, -0.1) is 0 Å². The minimum Gasteiger partial charge on any atom is -0.612 e. The molecule has 1 atom stereocenters. The van der Waals surface area contributed by atoms with Crippen LogP contribution in [0.3, 0.4) is 0 Å². The van der Waals surface area contributed by atoms with Crippen LogP contribution in [0.5, 0.6) is 0 Å². The highest BCUT2D eigenvalue weighted by Gasteiger charge is 2.20. The molecule has 0 aliphatic carbocycles. The Morgan fingerprint density at radius 2 is 2.09 bits per heavy atom. The lowest BCUT2D eigenvalue weighted by Gasteiger charge is -2.31. The van der Waals surface area contributed by atoms with Crippen LogP contribution in [0, 0.1) is 5.41 Å². The molecule has 0 aromatic heterocycles.